The number of nitrogens with zero attached hydrogens (tertiary/aromatic N) is 1. The van der Waals surface area contributed by atoms with Gasteiger partial charge in [0.25, 0.3) is 5.91 Å². The predicted molar refractivity (Wildman–Crippen MR) is 120 cm³/mol. The highest BCUT2D eigenvalue weighted by Crippen LogP contribution is 2.18. The average Bonchev–Trinajstić information content (AvgIpc) is 3.10. The minimum Gasteiger partial charge on any atom is -0.496 e. The highest BCUT2D eigenvalue weighted by atomic mass is 16.5. The maximum absolute atomic E-state index is 12.6. The number of esters is 1. The second-order valence-electron chi connectivity index (χ2n) is 7.32. The number of carbonyl (C=O) groups is 3. The van der Waals surface area contributed by atoms with Gasteiger partial charge < -0.3 is 19.4 Å². The lowest BCUT2D eigenvalue weighted by Gasteiger charge is -2.10. The number of benzene rings is 2. The van der Waals surface area contributed by atoms with E-state index in [1.54, 1.807) is 30.3 Å². The van der Waals surface area contributed by atoms with Crippen molar-refractivity contribution in [3.8, 4) is 5.75 Å². The third kappa shape index (κ3) is 5.43. The van der Waals surface area contributed by atoms with Gasteiger partial charge in [-0.1, -0.05) is 42.5 Å². The number of hydrogen-bond donors (Lipinski definition) is 1. The summed E-state index contributed by atoms with van der Waals surface area (Å²) in [6, 6.07) is 18.5. The summed E-state index contributed by atoms with van der Waals surface area (Å²) in [6.07, 6.45) is 0. The molecule has 0 bridgehead atoms. The van der Waals surface area contributed by atoms with Crippen LogP contribution >= 0.6 is 0 Å². The molecule has 3 aromatic rings. The Morgan fingerprint density at radius 3 is 2.34 bits per heavy atom. The van der Waals surface area contributed by atoms with Crippen LogP contribution in [-0.2, 0) is 16.1 Å². The van der Waals surface area contributed by atoms with Gasteiger partial charge in [0.2, 0.25) is 5.78 Å². The molecule has 3 rings (SSSR count). The van der Waals surface area contributed by atoms with Crippen LogP contribution in [0.3, 0.4) is 0 Å². The van der Waals surface area contributed by atoms with Crippen molar-refractivity contribution >= 4 is 17.7 Å². The molecule has 1 aromatic heterocycles. The van der Waals surface area contributed by atoms with Gasteiger partial charge in [0.15, 0.2) is 6.61 Å². The van der Waals surface area contributed by atoms with E-state index in [0.717, 1.165) is 17.0 Å². The zero-order valence-electron chi connectivity index (χ0n) is 18.4. The highest BCUT2D eigenvalue weighted by molar-refractivity contribution is 6.00. The standard InChI is InChI=1S/C25H26N2O5/c1-17-13-21(18(2)27(17)15-19-9-5-4-6-10-19)22(28)16-32-24(29)14-26-25(30)20-11-7-8-12-23(20)31-3/h4-13H,14-16H2,1-3H3,(H,26,30). The van der Waals surface area contributed by atoms with Crippen LogP contribution in [-0.4, -0.2) is 42.5 Å². The monoisotopic (exact) mass is 434 g/mol. The molecule has 0 spiro atoms. The largest absolute Gasteiger partial charge is 0.496 e. The molecule has 2 aromatic carbocycles. The van der Waals surface area contributed by atoms with Crippen molar-refractivity contribution in [2.45, 2.75) is 20.4 Å². The first-order valence-corrected chi connectivity index (χ1v) is 10.2. The summed E-state index contributed by atoms with van der Waals surface area (Å²) in [5.74, 6) is -1.05. The molecule has 0 aliphatic heterocycles. The number of para-hydroxylation sites is 1. The molecule has 0 saturated carbocycles. The molecule has 1 N–H and O–H groups in total. The summed E-state index contributed by atoms with van der Waals surface area (Å²) in [7, 11) is 1.46. The van der Waals surface area contributed by atoms with E-state index in [0.29, 0.717) is 23.4 Å². The Bertz CT molecular complexity index is 1120. The molecule has 166 valence electrons. The summed E-state index contributed by atoms with van der Waals surface area (Å²) >= 11 is 0. The maximum atomic E-state index is 12.6. The SMILES string of the molecule is COc1ccccc1C(=O)NCC(=O)OCC(=O)c1cc(C)n(Cc2ccccc2)c1C. The van der Waals surface area contributed by atoms with Gasteiger partial charge in [0.05, 0.1) is 12.7 Å². The predicted octanol–water partition coefficient (Wildman–Crippen LogP) is 3.32. The molecule has 0 fully saturated rings. The Morgan fingerprint density at radius 1 is 0.938 bits per heavy atom. The Kier molecular flexibility index (Phi) is 7.44. The van der Waals surface area contributed by atoms with Crippen molar-refractivity contribution < 1.29 is 23.9 Å². The Morgan fingerprint density at radius 2 is 1.62 bits per heavy atom. The molecule has 0 atom stereocenters. The summed E-state index contributed by atoms with van der Waals surface area (Å²) in [5, 5.41) is 2.48. The molecule has 0 aliphatic carbocycles. The van der Waals surface area contributed by atoms with E-state index >= 15 is 0 Å². The topological polar surface area (TPSA) is 86.6 Å². The van der Waals surface area contributed by atoms with Crippen molar-refractivity contribution in [1.29, 1.82) is 0 Å². The number of aromatic nitrogens is 1. The lowest BCUT2D eigenvalue weighted by atomic mass is 10.1. The van der Waals surface area contributed by atoms with Gasteiger partial charge in [0, 0.05) is 23.5 Å². The number of amides is 1. The molecule has 1 heterocycles. The van der Waals surface area contributed by atoms with Crippen LogP contribution in [0.15, 0.2) is 60.7 Å². The third-order valence-electron chi connectivity index (χ3n) is 5.17. The van der Waals surface area contributed by atoms with Crippen LogP contribution in [0.2, 0.25) is 0 Å². The molecular weight excluding hydrogens is 408 g/mol. The fourth-order valence-corrected chi connectivity index (χ4v) is 3.45. The second kappa shape index (κ2) is 10.4. The van der Waals surface area contributed by atoms with E-state index in [2.05, 4.69) is 9.88 Å². The van der Waals surface area contributed by atoms with E-state index in [1.165, 1.54) is 7.11 Å². The quantitative estimate of drug-likeness (QED) is 0.412. The van der Waals surface area contributed by atoms with Gasteiger partial charge in [-0.3, -0.25) is 14.4 Å². The van der Waals surface area contributed by atoms with Gasteiger partial charge in [0.1, 0.15) is 12.3 Å². The molecule has 1 amide bonds. The fourth-order valence-electron chi connectivity index (χ4n) is 3.45. The molecule has 0 unspecified atom stereocenters. The zero-order chi connectivity index (χ0) is 23.1. The number of Topliss-reactive ketones (excluding diaryl/α,β-unsaturated/α-hetero) is 1. The molecule has 7 nitrogen and oxygen atoms in total. The fraction of sp³-hybridized carbons (Fsp3) is 0.240. The number of aryl methyl sites for hydroxylation is 1. The van der Waals surface area contributed by atoms with Gasteiger partial charge >= 0.3 is 5.97 Å². The number of methoxy groups -OCH3 is 1. The number of hydrogen-bond acceptors (Lipinski definition) is 5. The Balaban J connectivity index is 1.55. The van der Waals surface area contributed by atoms with Crippen LogP contribution in [0.1, 0.15) is 37.7 Å². The zero-order valence-corrected chi connectivity index (χ0v) is 18.4. The van der Waals surface area contributed by atoms with E-state index in [9.17, 15) is 14.4 Å². The van der Waals surface area contributed by atoms with Gasteiger partial charge in [-0.15, -0.1) is 0 Å². The lowest BCUT2D eigenvalue weighted by Crippen LogP contribution is -2.31. The number of rotatable bonds is 9. The Labute approximate surface area is 187 Å². The first-order chi connectivity index (χ1) is 15.4. The van der Waals surface area contributed by atoms with E-state index in [1.807, 2.05) is 44.2 Å². The van der Waals surface area contributed by atoms with E-state index in [4.69, 9.17) is 9.47 Å². The normalized spacial score (nSPS) is 10.5. The minimum absolute atomic E-state index is 0.290. The first-order valence-electron chi connectivity index (χ1n) is 10.2. The summed E-state index contributed by atoms with van der Waals surface area (Å²) in [4.78, 5) is 36.9. The van der Waals surface area contributed by atoms with E-state index < -0.39 is 11.9 Å². The molecule has 32 heavy (non-hydrogen) atoms. The van der Waals surface area contributed by atoms with Crippen molar-refractivity contribution in [1.82, 2.24) is 9.88 Å². The smallest absolute Gasteiger partial charge is 0.325 e. The van der Waals surface area contributed by atoms with Crippen molar-refractivity contribution in [2.75, 3.05) is 20.3 Å². The number of ketones is 1. The number of ether oxygens (including phenoxy) is 2. The maximum Gasteiger partial charge on any atom is 0.325 e. The molecule has 0 saturated heterocycles. The molecule has 0 radical (unpaired) electrons. The Hall–Kier alpha value is -3.87. The lowest BCUT2D eigenvalue weighted by molar-refractivity contribution is -0.141. The van der Waals surface area contributed by atoms with Crippen molar-refractivity contribution in [3.63, 3.8) is 0 Å². The third-order valence-corrected chi connectivity index (χ3v) is 5.17. The number of carbonyl (C=O) groups excluding carboxylic acids is 3. The second-order valence-corrected chi connectivity index (χ2v) is 7.32. The molecule has 0 aliphatic rings. The van der Waals surface area contributed by atoms with Crippen molar-refractivity contribution in [2.24, 2.45) is 0 Å². The van der Waals surface area contributed by atoms with Crippen LogP contribution in [0.4, 0.5) is 0 Å². The summed E-state index contributed by atoms with van der Waals surface area (Å²) in [6.45, 7) is 3.72. The molecule has 7 heteroatoms. The van der Waals surface area contributed by atoms with E-state index in [-0.39, 0.29) is 18.9 Å². The molecular formula is C25H26N2O5. The van der Waals surface area contributed by atoms with Crippen LogP contribution in [0.5, 0.6) is 5.75 Å². The number of nitrogens with one attached hydrogen (secondary N) is 1. The highest BCUT2D eigenvalue weighted by Gasteiger charge is 2.18. The first kappa shape index (κ1) is 22.8. The van der Waals surface area contributed by atoms with Crippen LogP contribution in [0.25, 0.3) is 0 Å². The van der Waals surface area contributed by atoms with Crippen molar-refractivity contribution in [3.05, 3.63) is 88.7 Å². The van der Waals surface area contributed by atoms with Gasteiger partial charge in [-0.25, -0.2) is 0 Å². The van der Waals surface area contributed by atoms with Crippen LogP contribution in [0, 0.1) is 13.8 Å². The van der Waals surface area contributed by atoms with Gasteiger partial charge in [-0.05, 0) is 37.6 Å². The minimum atomic E-state index is -0.695. The summed E-state index contributed by atoms with van der Waals surface area (Å²) in [5.41, 5.74) is 3.72. The van der Waals surface area contributed by atoms with Crippen LogP contribution < -0.4 is 10.1 Å². The average molecular weight is 434 g/mol. The summed E-state index contributed by atoms with van der Waals surface area (Å²) < 4.78 is 12.3. The van der Waals surface area contributed by atoms with Gasteiger partial charge in [-0.2, -0.15) is 0 Å².